The number of benzene rings is 1. The Labute approximate surface area is 59.6 Å². The average molecular weight is 137 g/mol. The molecule has 0 bridgehead atoms. The molecule has 0 saturated heterocycles. The summed E-state index contributed by atoms with van der Waals surface area (Å²) >= 11 is 0. The summed E-state index contributed by atoms with van der Waals surface area (Å²) in [6.45, 7) is 4.69. The highest BCUT2D eigenvalue weighted by Crippen LogP contribution is 1.85. The number of hydrogen-bond donors (Lipinski definition) is 0. The molecule has 0 atom stereocenters. The molecule has 1 aromatic carbocycles. The third-order valence-corrected chi connectivity index (χ3v) is 3.18. The van der Waals surface area contributed by atoms with E-state index in [4.69, 9.17) is 0 Å². The topological polar surface area (TPSA) is 0 Å². The van der Waals surface area contributed by atoms with Gasteiger partial charge in [-0.15, -0.1) is 0 Å². The van der Waals surface area contributed by atoms with Gasteiger partial charge in [-0.05, 0) is 0 Å². The van der Waals surface area contributed by atoms with Crippen LogP contribution in [-0.2, 0) is 0 Å². The Hall–Kier alpha value is -0.563. The largest absolute Gasteiger partial charge is 1.00 e. The normalized spacial score (nSPS) is 10.1. The second-order valence-electron chi connectivity index (χ2n) is 2.57. The Morgan fingerprint density at radius 1 is 1.11 bits per heavy atom. The Kier molecular flexibility index (Phi) is 2.06. The van der Waals surface area contributed by atoms with Crippen molar-refractivity contribution in [3.05, 3.63) is 30.3 Å². The number of rotatable bonds is 1. The minimum atomic E-state index is -0.529. The third-order valence-electron chi connectivity index (χ3n) is 1.47. The predicted molar refractivity (Wildman–Crippen MR) is 46.1 cm³/mol. The highest BCUT2D eigenvalue weighted by atomic mass is 28.3. The van der Waals surface area contributed by atoms with Gasteiger partial charge in [0, 0.05) is 0 Å². The van der Waals surface area contributed by atoms with Crippen molar-refractivity contribution in [1.29, 1.82) is 0 Å². The molecule has 0 spiro atoms. The molecule has 0 N–H and O–H groups in total. The van der Waals surface area contributed by atoms with Gasteiger partial charge in [0.05, 0.1) is 8.80 Å². The van der Waals surface area contributed by atoms with E-state index in [0.717, 1.165) is 0 Å². The fourth-order valence-electron chi connectivity index (χ4n) is 0.838. The predicted octanol–water partition coefficient (Wildman–Crippen LogP) is 1.49. The standard InChI is InChI=1S/C8H12Si/c1-9(2)8-6-4-3-5-7-8/h3-7,9H,1-2H3/p+1. The summed E-state index contributed by atoms with van der Waals surface area (Å²) in [4.78, 5) is 0. The first-order valence-electron chi connectivity index (χ1n) is 3.35. The van der Waals surface area contributed by atoms with E-state index in [9.17, 15) is 0 Å². The highest BCUT2D eigenvalue weighted by molar-refractivity contribution is 6.70. The van der Waals surface area contributed by atoms with E-state index in [1.807, 2.05) is 0 Å². The molecule has 1 aromatic rings. The first-order chi connectivity index (χ1) is 4.30. The molecule has 0 aromatic heterocycles. The second-order valence-corrected chi connectivity index (χ2v) is 5.54. The minimum absolute atomic E-state index is 0. The van der Waals surface area contributed by atoms with E-state index in [2.05, 4.69) is 43.4 Å². The first kappa shape index (κ1) is 6.56. The van der Waals surface area contributed by atoms with E-state index in [0.29, 0.717) is 0 Å². The van der Waals surface area contributed by atoms with Crippen molar-refractivity contribution < 1.29 is 1.43 Å². The van der Waals surface area contributed by atoms with Gasteiger partial charge in [-0.1, -0.05) is 48.6 Å². The van der Waals surface area contributed by atoms with E-state index < -0.39 is 8.80 Å². The first-order valence-corrected chi connectivity index (χ1v) is 6.24. The Morgan fingerprint density at radius 2 is 1.67 bits per heavy atom. The lowest BCUT2D eigenvalue weighted by Gasteiger charge is -1.99. The van der Waals surface area contributed by atoms with Crippen LogP contribution in [0.3, 0.4) is 0 Å². The Balaban J connectivity index is 0.000000810. The van der Waals surface area contributed by atoms with Crippen molar-refractivity contribution in [3.63, 3.8) is 0 Å². The molecule has 0 saturated carbocycles. The maximum Gasteiger partial charge on any atom is 1.00 e. The summed E-state index contributed by atoms with van der Waals surface area (Å²) in [6, 6.07) is 10.7. The molecule has 0 aliphatic heterocycles. The van der Waals surface area contributed by atoms with Crippen molar-refractivity contribution in [3.8, 4) is 0 Å². The summed E-state index contributed by atoms with van der Waals surface area (Å²) in [5.74, 6) is 0. The molecule has 0 heterocycles. The lowest BCUT2D eigenvalue weighted by molar-refractivity contribution is 1.74. The van der Waals surface area contributed by atoms with Gasteiger partial charge in [-0.3, -0.25) is 0 Å². The van der Waals surface area contributed by atoms with Gasteiger partial charge in [0.15, 0.2) is 0 Å². The third kappa shape index (κ3) is 1.68. The van der Waals surface area contributed by atoms with Crippen LogP contribution in [0.15, 0.2) is 30.3 Å². The molecule has 9 heavy (non-hydrogen) atoms. The molecule has 0 fully saturated rings. The molecule has 1 rings (SSSR count). The van der Waals surface area contributed by atoms with Crippen LogP contribution >= 0.6 is 0 Å². The van der Waals surface area contributed by atoms with Gasteiger partial charge >= 0.3 is 1.43 Å². The van der Waals surface area contributed by atoms with Crippen LogP contribution in [-0.4, -0.2) is 8.80 Å². The average Bonchev–Trinajstić information content (AvgIpc) is 1.90. The van der Waals surface area contributed by atoms with E-state index in [1.54, 1.807) is 5.19 Å². The summed E-state index contributed by atoms with van der Waals surface area (Å²) in [5.41, 5.74) is 0. The van der Waals surface area contributed by atoms with Crippen LogP contribution in [0, 0.1) is 0 Å². The minimum Gasteiger partial charge on any atom is -0.0682 e. The van der Waals surface area contributed by atoms with Crippen molar-refractivity contribution in [2.45, 2.75) is 13.1 Å². The molecule has 0 amide bonds. The molecule has 0 radical (unpaired) electrons. The Bertz CT molecular complexity index is 172. The van der Waals surface area contributed by atoms with E-state index in [1.165, 1.54) is 0 Å². The van der Waals surface area contributed by atoms with Gasteiger partial charge in [0.25, 0.3) is 0 Å². The summed E-state index contributed by atoms with van der Waals surface area (Å²) in [6.07, 6.45) is 0. The van der Waals surface area contributed by atoms with Crippen molar-refractivity contribution in [1.82, 2.24) is 0 Å². The molecule has 0 nitrogen and oxygen atoms in total. The second kappa shape index (κ2) is 2.83. The van der Waals surface area contributed by atoms with E-state index in [-0.39, 0.29) is 1.43 Å². The maximum atomic E-state index is 2.34. The zero-order valence-electron chi connectivity index (χ0n) is 6.96. The van der Waals surface area contributed by atoms with Crippen LogP contribution in [0.5, 0.6) is 0 Å². The smallest absolute Gasteiger partial charge is 0.0682 e. The van der Waals surface area contributed by atoms with E-state index >= 15 is 0 Å². The summed E-state index contributed by atoms with van der Waals surface area (Å²) in [5, 5.41) is 1.55. The molecule has 0 aliphatic rings. The molecular weight excluding hydrogens is 124 g/mol. The zero-order valence-corrected chi connectivity index (χ0v) is 7.12. The fourth-order valence-corrected chi connectivity index (χ4v) is 1.83. The quantitative estimate of drug-likeness (QED) is 0.514. The van der Waals surface area contributed by atoms with Crippen LogP contribution in [0.1, 0.15) is 1.43 Å². The van der Waals surface area contributed by atoms with Crippen LogP contribution in [0.2, 0.25) is 13.1 Å². The van der Waals surface area contributed by atoms with Gasteiger partial charge < -0.3 is 0 Å². The van der Waals surface area contributed by atoms with Gasteiger partial charge in [0.2, 0.25) is 0 Å². The fraction of sp³-hybridized carbons (Fsp3) is 0.250. The lowest BCUT2D eigenvalue weighted by Crippen LogP contribution is -2.21. The van der Waals surface area contributed by atoms with Crippen molar-refractivity contribution >= 4 is 14.0 Å². The van der Waals surface area contributed by atoms with Crippen LogP contribution in [0.4, 0.5) is 0 Å². The van der Waals surface area contributed by atoms with Crippen molar-refractivity contribution in [2.75, 3.05) is 0 Å². The van der Waals surface area contributed by atoms with Crippen LogP contribution < -0.4 is 5.19 Å². The maximum absolute atomic E-state index is 2.34. The molecule has 0 unspecified atom stereocenters. The van der Waals surface area contributed by atoms with Crippen LogP contribution in [0.25, 0.3) is 0 Å². The lowest BCUT2D eigenvalue weighted by atomic mass is 10.4. The molecular formula is C8H13Si+. The zero-order chi connectivity index (χ0) is 6.69. The molecule has 48 valence electrons. The van der Waals surface area contributed by atoms with Gasteiger partial charge in [-0.25, -0.2) is 0 Å². The Morgan fingerprint density at radius 3 is 2.00 bits per heavy atom. The van der Waals surface area contributed by atoms with Gasteiger partial charge in [0.1, 0.15) is 0 Å². The highest BCUT2D eigenvalue weighted by Gasteiger charge is 1.95. The molecule has 0 aliphatic carbocycles. The monoisotopic (exact) mass is 137 g/mol. The van der Waals surface area contributed by atoms with Gasteiger partial charge in [-0.2, -0.15) is 0 Å². The van der Waals surface area contributed by atoms with Crippen molar-refractivity contribution in [2.24, 2.45) is 0 Å². The number of hydrogen-bond acceptors (Lipinski definition) is 0. The summed E-state index contributed by atoms with van der Waals surface area (Å²) < 4.78 is 0. The molecule has 1 heteroatoms. The SMILES string of the molecule is C[SiH](C)c1ccccc1.[H+]. The summed E-state index contributed by atoms with van der Waals surface area (Å²) in [7, 11) is -0.529.